The molecule has 3 N–H and O–H groups in total. The maximum Gasteiger partial charge on any atom is 0.303 e. The minimum atomic E-state index is -0.984. The number of nitrogens with one attached hydrogen (secondary N) is 2. The largest absolute Gasteiger partial charge is 0.481 e. The number of hydrogen-bond donors (Lipinski definition) is 3. The molecule has 1 aromatic heterocycles. The second kappa shape index (κ2) is 7.77. The van der Waals surface area contributed by atoms with Gasteiger partial charge in [0.05, 0.1) is 12.5 Å². The number of carbonyl (C=O) groups is 3. The number of para-hydroxylation sites is 1. The van der Waals surface area contributed by atoms with E-state index in [-0.39, 0.29) is 36.9 Å². The highest BCUT2D eigenvalue weighted by atomic mass is 16.4. The normalized spacial score (nSPS) is 12.3. The number of aliphatic carboxylic acids is 1. The molecule has 0 saturated heterocycles. The van der Waals surface area contributed by atoms with Crippen LogP contribution in [-0.2, 0) is 20.8 Å². The molecule has 0 aliphatic carbocycles. The van der Waals surface area contributed by atoms with Crippen molar-refractivity contribution in [2.24, 2.45) is 5.92 Å². The topological polar surface area (TPSA) is 99.3 Å². The van der Waals surface area contributed by atoms with Crippen molar-refractivity contribution in [2.75, 3.05) is 0 Å². The summed E-state index contributed by atoms with van der Waals surface area (Å²) in [5.74, 6) is -1.69. The Bertz CT molecular complexity index is 748. The second-order valence-electron chi connectivity index (χ2n) is 6.15. The summed E-state index contributed by atoms with van der Waals surface area (Å²) in [6.07, 6.45) is 1.86. The van der Waals surface area contributed by atoms with E-state index >= 15 is 0 Å². The Hall–Kier alpha value is -2.63. The van der Waals surface area contributed by atoms with Crippen LogP contribution in [0.15, 0.2) is 30.5 Å². The maximum atomic E-state index is 12.3. The highest BCUT2D eigenvalue weighted by molar-refractivity contribution is 5.93. The van der Waals surface area contributed by atoms with Crippen LogP contribution in [0.4, 0.5) is 0 Å². The van der Waals surface area contributed by atoms with Gasteiger partial charge in [0.15, 0.2) is 5.78 Å². The van der Waals surface area contributed by atoms with Gasteiger partial charge in [0.2, 0.25) is 5.91 Å². The predicted molar refractivity (Wildman–Crippen MR) is 90.6 cm³/mol. The molecule has 0 bridgehead atoms. The SMILES string of the molecule is CC(C)C(=O)[C@H](CCC(=O)O)NC(=O)Cc1c[nH]c2ccccc12. The van der Waals surface area contributed by atoms with E-state index in [1.54, 1.807) is 20.0 Å². The number of aromatic nitrogens is 1. The third-order valence-corrected chi connectivity index (χ3v) is 3.92. The van der Waals surface area contributed by atoms with Gasteiger partial charge in [0.25, 0.3) is 0 Å². The quantitative estimate of drug-likeness (QED) is 0.691. The van der Waals surface area contributed by atoms with Crippen LogP contribution in [0.2, 0.25) is 0 Å². The van der Waals surface area contributed by atoms with Crippen molar-refractivity contribution in [2.45, 2.75) is 39.2 Å². The van der Waals surface area contributed by atoms with Crippen LogP contribution >= 0.6 is 0 Å². The first-order chi connectivity index (χ1) is 11.4. The molecular weight excluding hydrogens is 308 g/mol. The van der Waals surface area contributed by atoms with E-state index in [1.807, 2.05) is 24.3 Å². The van der Waals surface area contributed by atoms with Crippen LogP contribution in [0.5, 0.6) is 0 Å². The zero-order valence-electron chi connectivity index (χ0n) is 13.8. The Morgan fingerprint density at radius 1 is 1.21 bits per heavy atom. The van der Waals surface area contributed by atoms with Crippen LogP contribution in [0.25, 0.3) is 10.9 Å². The molecule has 0 saturated carbocycles. The minimum Gasteiger partial charge on any atom is -0.481 e. The number of aromatic amines is 1. The average molecular weight is 330 g/mol. The van der Waals surface area contributed by atoms with E-state index in [9.17, 15) is 14.4 Å². The zero-order chi connectivity index (χ0) is 17.7. The molecule has 2 rings (SSSR count). The minimum absolute atomic E-state index is 0.103. The Balaban J connectivity index is 2.06. The van der Waals surface area contributed by atoms with Crippen molar-refractivity contribution < 1.29 is 19.5 Å². The molecule has 1 atom stereocenters. The van der Waals surface area contributed by atoms with Crippen molar-refractivity contribution in [1.82, 2.24) is 10.3 Å². The van der Waals surface area contributed by atoms with Gasteiger partial charge >= 0.3 is 5.97 Å². The first-order valence-electron chi connectivity index (χ1n) is 7.98. The Morgan fingerprint density at radius 2 is 1.92 bits per heavy atom. The standard InChI is InChI=1S/C18H22N2O4/c1-11(2)18(24)15(7-8-17(22)23)20-16(21)9-12-10-19-14-6-4-3-5-13(12)14/h3-6,10-11,15,19H,7-9H2,1-2H3,(H,20,21)(H,22,23)/t15-/m0/s1. The smallest absolute Gasteiger partial charge is 0.303 e. The summed E-state index contributed by atoms with van der Waals surface area (Å²) in [5, 5.41) is 12.5. The van der Waals surface area contributed by atoms with Crippen LogP contribution in [-0.4, -0.2) is 33.8 Å². The molecule has 1 amide bonds. The van der Waals surface area contributed by atoms with Crippen LogP contribution in [0.3, 0.4) is 0 Å². The molecule has 0 aliphatic heterocycles. The summed E-state index contributed by atoms with van der Waals surface area (Å²) in [6.45, 7) is 3.48. The number of carboxylic acids is 1. The predicted octanol–water partition coefficient (Wildman–Crippen LogP) is 2.29. The lowest BCUT2D eigenvalue weighted by molar-refractivity contribution is -0.138. The lowest BCUT2D eigenvalue weighted by Gasteiger charge is -2.19. The molecule has 6 nitrogen and oxygen atoms in total. The maximum absolute atomic E-state index is 12.3. The van der Waals surface area contributed by atoms with Crippen molar-refractivity contribution in [3.63, 3.8) is 0 Å². The van der Waals surface area contributed by atoms with E-state index in [1.165, 1.54) is 0 Å². The van der Waals surface area contributed by atoms with Gasteiger partial charge in [-0.1, -0.05) is 32.0 Å². The summed E-state index contributed by atoms with van der Waals surface area (Å²) < 4.78 is 0. The molecular formula is C18H22N2O4. The number of carbonyl (C=O) groups excluding carboxylic acids is 2. The summed E-state index contributed by atoms with van der Waals surface area (Å²) in [4.78, 5) is 38.4. The monoisotopic (exact) mass is 330 g/mol. The number of carboxylic acid groups (broad SMARTS) is 1. The number of rotatable bonds is 8. The number of H-pyrrole nitrogens is 1. The molecule has 1 aromatic carbocycles. The van der Waals surface area contributed by atoms with Gasteiger partial charge in [-0.25, -0.2) is 0 Å². The number of fused-ring (bicyclic) bond motifs is 1. The molecule has 0 unspecified atom stereocenters. The third kappa shape index (κ3) is 4.44. The summed E-state index contributed by atoms with van der Waals surface area (Å²) in [6, 6.07) is 6.89. The number of amides is 1. The van der Waals surface area contributed by atoms with E-state index in [0.717, 1.165) is 16.5 Å². The fourth-order valence-corrected chi connectivity index (χ4v) is 2.65. The molecule has 6 heteroatoms. The van der Waals surface area contributed by atoms with Gasteiger partial charge in [-0.05, 0) is 18.1 Å². The molecule has 0 spiro atoms. The van der Waals surface area contributed by atoms with E-state index in [4.69, 9.17) is 5.11 Å². The number of hydrogen-bond acceptors (Lipinski definition) is 3. The average Bonchev–Trinajstić information content (AvgIpc) is 2.93. The van der Waals surface area contributed by atoms with E-state index in [2.05, 4.69) is 10.3 Å². The van der Waals surface area contributed by atoms with Crippen molar-refractivity contribution in [3.8, 4) is 0 Å². The highest BCUT2D eigenvalue weighted by Gasteiger charge is 2.24. The van der Waals surface area contributed by atoms with E-state index < -0.39 is 12.0 Å². The lowest BCUT2D eigenvalue weighted by atomic mass is 9.97. The molecule has 0 fully saturated rings. The Morgan fingerprint density at radius 3 is 2.58 bits per heavy atom. The van der Waals surface area contributed by atoms with Gasteiger partial charge in [-0.15, -0.1) is 0 Å². The van der Waals surface area contributed by atoms with Crippen molar-refractivity contribution in [1.29, 1.82) is 0 Å². The van der Waals surface area contributed by atoms with Crippen molar-refractivity contribution in [3.05, 3.63) is 36.0 Å². The first kappa shape index (κ1) is 17.7. The van der Waals surface area contributed by atoms with Gasteiger partial charge in [0, 0.05) is 29.4 Å². The van der Waals surface area contributed by atoms with Gasteiger partial charge in [-0.3, -0.25) is 14.4 Å². The summed E-state index contributed by atoms with van der Waals surface area (Å²) in [7, 11) is 0. The van der Waals surface area contributed by atoms with Gasteiger partial charge in [-0.2, -0.15) is 0 Å². The third-order valence-electron chi connectivity index (χ3n) is 3.92. The fraction of sp³-hybridized carbons (Fsp3) is 0.389. The highest BCUT2D eigenvalue weighted by Crippen LogP contribution is 2.18. The van der Waals surface area contributed by atoms with Crippen LogP contribution in [0, 0.1) is 5.92 Å². The molecule has 0 aliphatic rings. The zero-order valence-corrected chi connectivity index (χ0v) is 13.8. The van der Waals surface area contributed by atoms with Crippen LogP contribution < -0.4 is 5.32 Å². The number of benzene rings is 1. The number of Topliss-reactive ketones (excluding diaryl/α,β-unsaturated/α-hetero) is 1. The molecule has 1 heterocycles. The first-order valence-corrected chi connectivity index (χ1v) is 7.98. The van der Waals surface area contributed by atoms with E-state index in [0.29, 0.717) is 0 Å². The molecule has 0 radical (unpaired) electrons. The molecule has 128 valence electrons. The summed E-state index contributed by atoms with van der Waals surface area (Å²) >= 11 is 0. The van der Waals surface area contributed by atoms with Crippen LogP contribution in [0.1, 0.15) is 32.3 Å². The molecule has 24 heavy (non-hydrogen) atoms. The fourth-order valence-electron chi connectivity index (χ4n) is 2.65. The Labute approximate surface area is 140 Å². The molecule has 2 aromatic rings. The Kier molecular flexibility index (Phi) is 5.73. The van der Waals surface area contributed by atoms with Gasteiger partial charge in [0.1, 0.15) is 0 Å². The van der Waals surface area contributed by atoms with Crippen molar-refractivity contribution >= 4 is 28.6 Å². The lowest BCUT2D eigenvalue weighted by Crippen LogP contribution is -2.43. The van der Waals surface area contributed by atoms with Gasteiger partial charge < -0.3 is 15.4 Å². The second-order valence-corrected chi connectivity index (χ2v) is 6.15. The number of ketones is 1. The summed E-state index contributed by atoms with van der Waals surface area (Å²) in [5.41, 5.74) is 1.79.